The van der Waals surface area contributed by atoms with Crippen molar-refractivity contribution >= 4 is 29.2 Å². The first-order valence-electron chi connectivity index (χ1n) is 7.68. The summed E-state index contributed by atoms with van der Waals surface area (Å²) in [5.74, 6) is -0.860. The maximum absolute atomic E-state index is 12.2. The van der Waals surface area contributed by atoms with Gasteiger partial charge in [0.05, 0.1) is 6.42 Å². The molecule has 0 saturated carbocycles. The number of aryl methyl sites for hydroxylation is 2. The highest BCUT2D eigenvalue weighted by Gasteiger charge is 2.19. The number of carbonyl (C=O) groups is 2. The number of esters is 1. The van der Waals surface area contributed by atoms with E-state index in [1.54, 1.807) is 31.2 Å². The average molecular weight is 346 g/mol. The normalized spacial score (nSPS) is 11.7. The lowest BCUT2D eigenvalue weighted by atomic mass is 10.1. The standard InChI is InChI=1S/C19H20ClNO3/c1-12-8-9-17(13(2)10-12)21-19(23)14(3)24-18(22)11-15-6-4-5-7-16(15)20/h4-10,14H,11H2,1-3H3,(H,21,23)/t14-/m0/s1. The molecule has 5 heteroatoms. The molecule has 0 spiro atoms. The lowest BCUT2D eigenvalue weighted by Gasteiger charge is -2.15. The van der Waals surface area contributed by atoms with E-state index in [0.717, 1.165) is 11.1 Å². The van der Waals surface area contributed by atoms with Crippen LogP contribution in [0.15, 0.2) is 42.5 Å². The summed E-state index contributed by atoms with van der Waals surface area (Å²) in [6, 6.07) is 12.8. The molecule has 0 fully saturated rings. The zero-order valence-corrected chi connectivity index (χ0v) is 14.7. The van der Waals surface area contributed by atoms with Crippen LogP contribution in [0.1, 0.15) is 23.6 Å². The van der Waals surface area contributed by atoms with Crippen LogP contribution < -0.4 is 5.32 Å². The molecule has 2 aromatic carbocycles. The molecule has 1 N–H and O–H groups in total. The summed E-state index contributed by atoms with van der Waals surface area (Å²) in [5, 5.41) is 3.28. The van der Waals surface area contributed by atoms with Gasteiger partial charge in [0.2, 0.25) is 0 Å². The predicted molar refractivity (Wildman–Crippen MR) is 95.3 cm³/mol. The Bertz CT molecular complexity index is 758. The number of nitrogens with one attached hydrogen (secondary N) is 1. The molecule has 0 aromatic heterocycles. The third-order valence-corrected chi connectivity index (χ3v) is 3.98. The molecule has 24 heavy (non-hydrogen) atoms. The molecule has 2 aromatic rings. The van der Waals surface area contributed by atoms with Gasteiger partial charge in [-0.25, -0.2) is 0 Å². The SMILES string of the molecule is Cc1ccc(NC(=O)[C@H](C)OC(=O)Cc2ccccc2Cl)c(C)c1. The first kappa shape index (κ1) is 18.0. The van der Waals surface area contributed by atoms with Crippen LogP contribution in [0.4, 0.5) is 5.69 Å². The largest absolute Gasteiger partial charge is 0.452 e. The van der Waals surface area contributed by atoms with E-state index in [9.17, 15) is 9.59 Å². The summed E-state index contributed by atoms with van der Waals surface area (Å²) in [5.41, 5.74) is 3.45. The molecule has 0 bridgehead atoms. The van der Waals surface area contributed by atoms with Gasteiger partial charge in [0.25, 0.3) is 5.91 Å². The second kappa shape index (κ2) is 7.97. The van der Waals surface area contributed by atoms with Gasteiger partial charge < -0.3 is 10.1 Å². The van der Waals surface area contributed by atoms with Crippen molar-refractivity contribution in [3.8, 4) is 0 Å². The third-order valence-electron chi connectivity index (χ3n) is 3.61. The number of carbonyl (C=O) groups excluding carboxylic acids is 2. The highest BCUT2D eigenvalue weighted by molar-refractivity contribution is 6.31. The zero-order chi connectivity index (χ0) is 17.7. The number of benzene rings is 2. The summed E-state index contributed by atoms with van der Waals surface area (Å²) < 4.78 is 5.20. The van der Waals surface area contributed by atoms with E-state index in [2.05, 4.69) is 5.32 Å². The van der Waals surface area contributed by atoms with Crippen LogP contribution in [0.5, 0.6) is 0 Å². The van der Waals surface area contributed by atoms with Gasteiger partial charge in [0, 0.05) is 10.7 Å². The topological polar surface area (TPSA) is 55.4 Å². The second-order valence-corrected chi connectivity index (χ2v) is 6.12. The van der Waals surface area contributed by atoms with Gasteiger partial charge in [-0.2, -0.15) is 0 Å². The Morgan fingerprint density at radius 2 is 1.88 bits per heavy atom. The molecule has 1 atom stereocenters. The Morgan fingerprint density at radius 3 is 2.54 bits per heavy atom. The fourth-order valence-electron chi connectivity index (χ4n) is 2.28. The van der Waals surface area contributed by atoms with E-state index in [1.807, 2.05) is 32.0 Å². The Kier molecular flexibility index (Phi) is 5.99. The van der Waals surface area contributed by atoms with E-state index in [-0.39, 0.29) is 12.3 Å². The smallest absolute Gasteiger partial charge is 0.311 e. The van der Waals surface area contributed by atoms with Crippen molar-refractivity contribution in [2.45, 2.75) is 33.3 Å². The van der Waals surface area contributed by atoms with Crippen molar-refractivity contribution in [3.05, 3.63) is 64.2 Å². The van der Waals surface area contributed by atoms with Gasteiger partial charge in [-0.3, -0.25) is 9.59 Å². The highest BCUT2D eigenvalue weighted by atomic mass is 35.5. The van der Waals surface area contributed by atoms with E-state index in [0.29, 0.717) is 16.3 Å². The minimum atomic E-state index is -0.888. The lowest BCUT2D eigenvalue weighted by molar-refractivity contribution is -0.152. The lowest BCUT2D eigenvalue weighted by Crippen LogP contribution is -2.30. The van der Waals surface area contributed by atoms with Gasteiger partial charge >= 0.3 is 5.97 Å². The van der Waals surface area contributed by atoms with Gasteiger partial charge in [-0.15, -0.1) is 0 Å². The van der Waals surface area contributed by atoms with Crippen LogP contribution in [0, 0.1) is 13.8 Å². The van der Waals surface area contributed by atoms with Crippen molar-refractivity contribution in [3.63, 3.8) is 0 Å². The Morgan fingerprint density at radius 1 is 1.17 bits per heavy atom. The van der Waals surface area contributed by atoms with Crippen molar-refractivity contribution in [1.82, 2.24) is 0 Å². The number of rotatable bonds is 5. The average Bonchev–Trinajstić information content (AvgIpc) is 2.52. The monoisotopic (exact) mass is 345 g/mol. The number of hydrogen-bond donors (Lipinski definition) is 1. The molecule has 0 aliphatic carbocycles. The number of amides is 1. The van der Waals surface area contributed by atoms with Crippen LogP contribution in [-0.2, 0) is 20.7 Å². The number of ether oxygens (including phenoxy) is 1. The fraction of sp³-hybridized carbons (Fsp3) is 0.263. The number of hydrogen-bond acceptors (Lipinski definition) is 3. The van der Waals surface area contributed by atoms with E-state index in [1.165, 1.54) is 0 Å². The third kappa shape index (κ3) is 4.83. The minimum Gasteiger partial charge on any atom is -0.452 e. The van der Waals surface area contributed by atoms with Crippen molar-refractivity contribution in [2.24, 2.45) is 0 Å². The first-order valence-corrected chi connectivity index (χ1v) is 8.05. The second-order valence-electron chi connectivity index (χ2n) is 5.71. The van der Waals surface area contributed by atoms with E-state index >= 15 is 0 Å². The first-order chi connectivity index (χ1) is 11.4. The minimum absolute atomic E-state index is 0.0286. The van der Waals surface area contributed by atoms with Gasteiger partial charge in [-0.1, -0.05) is 47.5 Å². The van der Waals surface area contributed by atoms with Crippen molar-refractivity contribution < 1.29 is 14.3 Å². The maximum Gasteiger partial charge on any atom is 0.311 e. The number of halogens is 1. The fourth-order valence-corrected chi connectivity index (χ4v) is 2.48. The van der Waals surface area contributed by atoms with Crippen LogP contribution in [0.2, 0.25) is 5.02 Å². The van der Waals surface area contributed by atoms with Crippen LogP contribution in [-0.4, -0.2) is 18.0 Å². The Balaban J connectivity index is 1.93. The molecular weight excluding hydrogens is 326 g/mol. The predicted octanol–water partition coefficient (Wildman–Crippen LogP) is 4.07. The molecule has 2 rings (SSSR count). The summed E-state index contributed by atoms with van der Waals surface area (Å²) in [6.07, 6.45) is -0.860. The van der Waals surface area contributed by atoms with E-state index in [4.69, 9.17) is 16.3 Å². The molecule has 0 saturated heterocycles. The summed E-state index contributed by atoms with van der Waals surface area (Å²) in [6.45, 7) is 5.44. The Labute approximate surface area is 146 Å². The van der Waals surface area contributed by atoms with Crippen LogP contribution >= 0.6 is 11.6 Å². The summed E-state index contributed by atoms with van der Waals surface area (Å²) in [4.78, 5) is 24.2. The van der Waals surface area contributed by atoms with Gasteiger partial charge in [0.15, 0.2) is 6.10 Å². The molecule has 4 nitrogen and oxygen atoms in total. The van der Waals surface area contributed by atoms with Crippen molar-refractivity contribution in [2.75, 3.05) is 5.32 Å². The van der Waals surface area contributed by atoms with Crippen LogP contribution in [0.25, 0.3) is 0 Å². The summed E-state index contributed by atoms with van der Waals surface area (Å²) >= 11 is 6.02. The molecule has 0 aliphatic rings. The molecule has 0 aliphatic heterocycles. The quantitative estimate of drug-likeness (QED) is 0.831. The van der Waals surface area contributed by atoms with Gasteiger partial charge in [0.1, 0.15) is 0 Å². The van der Waals surface area contributed by atoms with Crippen LogP contribution in [0.3, 0.4) is 0 Å². The molecule has 0 heterocycles. The molecule has 126 valence electrons. The van der Waals surface area contributed by atoms with E-state index < -0.39 is 12.1 Å². The van der Waals surface area contributed by atoms with Gasteiger partial charge in [-0.05, 0) is 44.0 Å². The maximum atomic E-state index is 12.2. The highest BCUT2D eigenvalue weighted by Crippen LogP contribution is 2.18. The molecule has 1 amide bonds. The van der Waals surface area contributed by atoms with Crippen molar-refractivity contribution in [1.29, 1.82) is 0 Å². The molecule has 0 radical (unpaired) electrons. The molecule has 0 unspecified atom stereocenters. The zero-order valence-electron chi connectivity index (χ0n) is 13.9. The Hall–Kier alpha value is -2.33. The molecular formula is C19H20ClNO3. The number of anilines is 1. The summed E-state index contributed by atoms with van der Waals surface area (Å²) in [7, 11) is 0.